The second-order valence-electron chi connectivity index (χ2n) is 2.95. The largest absolute Gasteiger partial charge is 0.373 e. The van der Waals surface area contributed by atoms with Crippen LogP contribution < -0.4 is 5.73 Å². The van der Waals surface area contributed by atoms with E-state index in [4.69, 9.17) is 10.5 Å². The van der Waals surface area contributed by atoms with E-state index in [1.807, 2.05) is 13.8 Å². The molecule has 0 fully saturated rings. The quantitative estimate of drug-likeness (QED) is 0.780. The Morgan fingerprint density at radius 1 is 1.29 bits per heavy atom. The first kappa shape index (κ1) is 10.8. The number of rotatable bonds is 4. The van der Waals surface area contributed by atoms with Gasteiger partial charge in [-0.1, -0.05) is 13.8 Å². The summed E-state index contributed by atoms with van der Waals surface area (Å²) in [5.41, 5.74) is 5.56. The lowest BCUT2D eigenvalue weighted by Crippen LogP contribution is -2.11. The molecule has 5 nitrogen and oxygen atoms in total. The van der Waals surface area contributed by atoms with Gasteiger partial charge in [-0.2, -0.15) is 9.97 Å². The van der Waals surface area contributed by atoms with Crippen LogP contribution in [-0.2, 0) is 11.2 Å². The van der Waals surface area contributed by atoms with Crippen LogP contribution in [-0.4, -0.2) is 22.1 Å². The molecular weight excluding hydrogens is 180 g/mol. The first-order valence-electron chi connectivity index (χ1n) is 4.74. The first-order chi connectivity index (χ1) is 6.71. The molecule has 1 aromatic heterocycles. The summed E-state index contributed by atoms with van der Waals surface area (Å²) in [5.74, 6) is 1.60. The van der Waals surface area contributed by atoms with E-state index in [9.17, 15) is 0 Å². The Bertz CT molecular complexity index is 299. The number of methoxy groups -OCH3 is 1. The summed E-state index contributed by atoms with van der Waals surface area (Å²) < 4.78 is 5.23. The van der Waals surface area contributed by atoms with E-state index in [1.54, 1.807) is 7.11 Å². The highest BCUT2D eigenvalue weighted by Gasteiger charge is 2.13. The molecule has 0 spiro atoms. The van der Waals surface area contributed by atoms with Crippen molar-refractivity contribution in [1.82, 2.24) is 15.0 Å². The van der Waals surface area contributed by atoms with Crippen LogP contribution in [0, 0.1) is 0 Å². The Morgan fingerprint density at radius 3 is 2.50 bits per heavy atom. The highest BCUT2D eigenvalue weighted by molar-refractivity contribution is 5.16. The minimum atomic E-state index is -0.0920. The van der Waals surface area contributed by atoms with Gasteiger partial charge in [0.2, 0.25) is 5.95 Å². The van der Waals surface area contributed by atoms with Crippen LogP contribution in [0.2, 0.25) is 0 Å². The van der Waals surface area contributed by atoms with Crippen molar-refractivity contribution in [3.05, 3.63) is 11.6 Å². The Hall–Kier alpha value is -1.23. The summed E-state index contributed by atoms with van der Waals surface area (Å²) in [5, 5.41) is 0. The third kappa shape index (κ3) is 2.38. The highest BCUT2D eigenvalue weighted by atomic mass is 16.5. The van der Waals surface area contributed by atoms with Crippen LogP contribution in [0.25, 0.3) is 0 Å². The van der Waals surface area contributed by atoms with Crippen molar-refractivity contribution < 1.29 is 4.74 Å². The van der Waals surface area contributed by atoms with E-state index >= 15 is 0 Å². The van der Waals surface area contributed by atoms with Gasteiger partial charge < -0.3 is 10.5 Å². The topological polar surface area (TPSA) is 73.9 Å². The zero-order chi connectivity index (χ0) is 10.6. The van der Waals surface area contributed by atoms with Gasteiger partial charge in [-0.25, -0.2) is 4.98 Å². The molecule has 0 aliphatic carbocycles. The van der Waals surface area contributed by atoms with Crippen LogP contribution in [0.15, 0.2) is 0 Å². The molecule has 0 aromatic carbocycles. The summed E-state index contributed by atoms with van der Waals surface area (Å²) in [6.45, 7) is 3.99. The Labute approximate surface area is 83.7 Å². The molecule has 1 rings (SSSR count). The summed E-state index contributed by atoms with van der Waals surface area (Å²) in [6.07, 6.45) is 1.48. The number of anilines is 1. The molecule has 1 unspecified atom stereocenters. The number of hydrogen-bond donors (Lipinski definition) is 1. The average molecular weight is 196 g/mol. The molecule has 0 saturated carbocycles. The summed E-state index contributed by atoms with van der Waals surface area (Å²) in [4.78, 5) is 12.3. The third-order valence-corrected chi connectivity index (χ3v) is 1.98. The molecule has 5 heteroatoms. The minimum absolute atomic E-state index is 0.0920. The summed E-state index contributed by atoms with van der Waals surface area (Å²) in [7, 11) is 1.64. The predicted octanol–water partition coefficient (Wildman–Crippen LogP) is 1.11. The van der Waals surface area contributed by atoms with E-state index in [0.29, 0.717) is 11.6 Å². The molecule has 0 aliphatic heterocycles. The van der Waals surface area contributed by atoms with E-state index in [2.05, 4.69) is 15.0 Å². The fourth-order valence-electron chi connectivity index (χ4n) is 1.21. The maximum atomic E-state index is 5.56. The average Bonchev–Trinajstić information content (AvgIpc) is 2.19. The van der Waals surface area contributed by atoms with Crippen LogP contribution in [0.3, 0.4) is 0 Å². The molecule has 0 radical (unpaired) electrons. The normalized spacial score (nSPS) is 12.8. The van der Waals surface area contributed by atoms with Crippen LogP contribution in [0.4, 0.5) is 5.95 Å². The van der Waals surface area contributed by atoms with E-state index in [0.717, 1.165) is 12.8 Å². The molecule has 0 saturated heterocycles. The van der Waals surface area contributed by atoms with Crippen molar-refractivity contribution in [3.63, 3.8) is 0 Å². The molecule has 14 heavy (non-hydrogen) atoms. The molecule has 0 bridgehead atoms. The van der Waals surface area contributed by atoms with E-state index in [-0.39, 0.29) is 12.1 Å². The van der Waals surface area contributed by atoms with Gasteiger partial charge in [0, 0.05) is 13.5 Å². The van der Waals surface area contributed by atoms with Gasteiger partial charge >= 0.3 is 0 Å². The fourth-order valence-corrected chi connectivity index (χ4v) is 1.21. The SMILES string of the molecule is CCc1nc(N)nc(C(CC)OC)n1. The van der Waals surface area contributed by atoms with Crippen LogP contribution in [0.5, 0.6) is 0 Å². The number of hydrogen-bond acceptors (Lipinski definition) is 5. The number of nitrogen functional groups attached to an aromatic ring is 1. The van der Waals surface area contributed by atoms with Crippen molar-refractivity contribution in [1.29, 1.82) is 0 Å². The Kier molecular flexibility index (Phi) is 3.76. The third-order valence-electron chi connectivity index (χ3n) is 1.98. The second kappa shape index (κ2) is 4.85. The van der Waals surface area contributed by atoms with E-state index < -0.39 is 0 Å². The molecule has 1 aromatic rings. The van der Waals surface area contributed by atoms with Gasteiger partial charge in [0.15, 0.2) is 5.82 Å². The lowest BCUT2D eigenvalue weighted by molar-refractivity contribution is 0.0923. The standard InChI is InChI=1S/C9H16N4O/c1-4-6(14-3)8-11-7(5-2)12-9(10)13-8/h6H,4-5H2,1-3H3,(H2,10,11,12,13). The number of ether oxygens (including phenoxy) is 1. The van der Waals surface area contributed by atoms with Crippen LogP contribution in [0.1, 0.15) is 38.0 Å². The van der Waals surface area contributed by atoms with Crippen molar-refractivity contribution in [2.24, 2.45) is 0 Å². The Morgan fingerprint density at radius 2 is 2.00 bits per heavy atom. The summed E-state index contributed by atoms with van der Waals surface area (Å²) >= 11 is 0. The van der Waals surface area contributed by atoms with Gasteiger partial charge in [0.05, 0.1) is 0 Å². The second-order valence-corrected chi connectivity index (χ2v) is 2.95. The van der Waals surface area contributed by atoms with Gasteiger partial charge in [0.25, 0.3) is 0 Å². The molecule has 1 heterocycles. The van der Waals surface area contributed by atoms with Crippen molar-refractivity contribution in [3.8, 4) is 0 Å². The van der Waals surface area contributed by atoms with Gasteiger partial charge in [0.1, 0.15) is 11.9 Å². The molecular formula is C9H16N4O. The maximum absolute atomic E-state index is 5.56. The molecule has 2 N–H and O–H groups in total. The Balaban J connectivity index is 3.01. The zero-order valence-corrected chi connectivity index (χ0v) is 8.82. The molecule has 0 amide bonds. The summed E-state index contributed by atoms with van der Waals surface area (Å²) in [6, 6.07) is 0. The van der Waals surface area contributed by atoms with Gasteiger partial charge in [-0.15, -0.1) is 0 Å². The van der Waals surface area contributed by atoms with Crippen molar-refractivity contribution in [2.45, 2.75) is 32.8 Å². The smallest absolute Gasteiger partial charge is 0.223 e. The number of aryl methyl sites for hydroxylation is 1. The van der Waals surface area contributed by atoms with Crippen molar-refractivity contribution >= 4 is 5.95 Å². The number of aromatic nitrogens is 3. The number of nitrogens with two attached hydrogens (primary N) is 1. The van der Waals surface area contributed by atoms with Gasteiger partial charge in [-0.3, -0.25) is 0 Å². The number of nitrogens with zero attached hydrogens (tertiary/aromatic N) is 3. The lowest BCUT2D eigenvalue weighted by Gasteiger charge is -2.11. The highest BCUT2D eigenvalue weighted by Crippen LogP contribution is 2.16. The molecule has 78 valence electrons. The lowest BCUT2D eigenvalue weighted by atomic mass is 10.2. The zero-order valence-electron chi connectivity index (χ0n) is 8.82. The van der Waals surface area contributed by atoms with Crippen molar-refractivity contribution in [2.75, 3.05) is 12.8 Å². The van der Waals surface area contributed by atoms with E-state index in [1.165, 1.54) is 0 Å². The monoisotopic (exact) mass is 196 g/mol. The molecule has 1 atom stereocenters. The van der Waals surface area contributed by atoms with Gasteiger partial charge in [-0.05, 0) is 6.42 Å². The first-order valence-corrected chi connectivity index (χ1v) is 4.74. The minimum Gasteiger partial charge on any atom is -0.373 e. The predicted molar refractivity (Wildman–Crippen MR) is 53.7 cm³/mol. The fraction of sp³-hybridized carbons (Fsp3) is 0.667. The molecule has 0 aliphatic rings. The van der Waals surface area contributed by atoms with Crippen LogP contribution >= 0.6 is 0 Å². The maximum Gasteiger partial charge on any atom is 0.223 e.